The maximum atomic E-state index is 11.3. The van der Waals surface area contributed by atoms with Gasteiger partial charge in [0.05, 0.1) is 22.2 Å². The van der Waals surface area contributed by atoms with Crippen LogP contribution in [0.2, 0.25) is 5.02 Å². The van der Waals surface area contributed by atoms with Crippen LogP contribution in [0.15, 0.2) is 18.2 Å². The Labute approximate surface area is 101 Å². The van der Waals surface area contributed by atoms with Crippen LogP contribution in [-0.4, -0.2) is 19.9 Å². The summed E-state index contributed by atoms with van der Waals surface area (Å²) in [5.41, 5.74) is 7.39. The second-order valence-electron chi connectivity index (χ2n) is 4.21. The van der Waals surface area contributed by atoms with Gasteiger partial charge in [0.1, 0.15) is 9.84 Å². The van der Waals surface area contributed by atoms with Gasteiger partial charge in [-0.15, -0.1) is 0 Å². The fourth-order valence-corrected chi connectivity index (χ4v) is 3.65. The topological polar surface area (TPSA) is 60.2 Å². The van der Waals surface area contributed by atoms with Crippen LogP contribution in [0.3, 0.4) is 0 Å². The van der Waals surface area contributed by atoms with E-state index in [1.54, 1.807) is 6.07 Å². The molecule has 5 heteroatoms. The van der Waals surface area contributed by atoms with E-state index in [4.69, 9.17) is 17.3 Å². The second kappa shape index (κ2) is 4.26. The number of nitrogen functional groups attached to an aromatic ring is 1. The van der Waals surface area contributed by atoms with Gasteiger partial charge < -0.3 is 5.73 Å². The van der Waals surface area contributed by atoms with Gasteiger partial charge in [0, 0.05) is 0 Å². The number of nitrogens with two attached hydrogens (primary N) is 1. The van der Waals surface area contributed by atoms with Crippen LogP contribution in [0, 0.1) is 0 Å². The van der Waals surface area contributed by atoms with Crippen molar-refractivity contribution in [3.63, 3.8) is 0 Å². The Kier molecular flexibility index (Phi) is 3.13. The predicted octanol–water partition coefficient (Wildman–Crippen LogP) is 2.21. The third kappa shape index (κ3) is 2.50. The third-order valence-electron chi connectivity index (χ3n) is 3.05. The van der Waals surface area contributed by atoms with Gasteiger partial charge in [0.25, 0.3) is 0 Å². The van der Waals surface area contributed by atoms with Crippen molar-refractivity contribution >= 4 is 27.1 Å². The summed E-state index contributed by atoms with van der Waals surface area (Å²) in [5.74, 6) is 0.850. The Hall–Kier alpha value is -0.740. The van der Waals surface area contributed by atoms with E-state index in [0.29, 0.717) is 29.5 Å². The molecule has 0 atom stereocenters. The molecular weight excluding hydrogens is 246 g/mol. The molecule has 1 aromatic rings. The molecule has 1 aliphatic heterocycles. The van der Waals surface area contributed by atoms with Gasteiger partial charge >= 0.3 is 0 Å². The summed E-state index contributed by atoms with van der Waals surface area (Å²) >= 11 is 5.84. The van der Waals surface area contributed by atoms with Gasteiger partial charge in [0.2, 0.25) is 0 Å². The molecule has 2 rings (SSSR count). The summed E-state index contributed by atoms with van der Waals surface area (Å²) < 4.78 is 22.6. The maximum absolute atomic E-state index is 11.3. The number of hydrogen-bond acceptors (Lipinski definition) is 3. The van der Waals surface area contributed by atoms with E-state index in [9.17, 15) is 8.42 Å². The number of rotatable bonds is 1. The molecule has 0 aromatic heterocycles. The van der Waals surface area contributed by atoms with Crippen molar-refractivity contribution in [1.29, 1.82) is 0 Å². The molecule has 0 spiro atoms. The quantitative estimate of drug-likeness (QED) is 0.787. The second-order valence-corrected chi connectivity index (χ2v) is 6.92. The molecule has 3 nitrogen and oxygen atoms in total. The molecule has 0 saturated carbocycles. The molecule has 0 radical (unpaired) electrons. The van der Waals surface area contributed by atoms with E-state index < -0.39 is 9.84 Å². The summed E-state index contributed by atoms with van der Waals surface area (Å²) in [4.78, 5) is 0. The number of anilines is 1. The third-order valence-corrected chi connectivity index (χ3v) is 5.11. The molecule has 0 bridgehead atoms. The lowest BCUT2D eigenvalue weighted by molar-refractivity contribution is 0.550. The highest BCUT2D eigenvalue weighted by Gasteiger charge is 2.24. The van der Waals surface area contributed by atoms with Crippen LogP contribution in [0.5, 0.6) is 0 Å². The first-order valence-electron chi connectivity index (χ1n) is 5.23. The lowest BCUT2D eigenvalue weighted by atomic mass is 9.93. The monoisotopic (exact) mass is 259 g/mol. The van der Waals surface area contributed by atoms with Crippen molar-refractivity contribution in [2.24, 2.45) is 0 Å². The number of sulfone groups is 1. The first-order valence-corrected chi connectivity index (χ1v) is 7.43. The van der Waals surface area contributed by atoms with E-state index in [0.717, 1.165) is 5.56 Å². The molecule has 0 amide bonds. The Bertz CT molecular complexity index is 485. The van der Waals surface area contributed by atoms with E-state index in [1.807, 2.05) is 12.1 Å². The lowest BCUT2D eigenvalue weighted by Gasteiger charge is -2.22. The molecule has 0 aliphatic carbocycles. The zero-order chi connectivity index (χ0) is 11.8. The Balaban J connectivity index is 2.17. The fraction of sp³-hybridized carbons (Fsp3) is 0.455. The van der Waals surface area contributed by atoms with E-state index in [1.165, 1.54) is 0 Å². The van der Waals surface area contributed by atoms with E-state index >= 15 is 0 Å². The molecule has 0 unspecified atom stereocenters. The molecule has 16 heavy (non-hydrogen) atoms. The van der Waals surface area contributed by atoms with E-state index in [2.05, 4.69) is 0 Å². The zero-order valence-electron chi connectivity index (χ0n) is 8.82. The SMILES string of the molecule is Nc1cc(C2CCS(=O)(=O)CC2)ccc1Cl. The Morgan fingerprint density at radius 1 is 1.25 bits per heavy atom. The lowest BCUT2D eigenvalue weighted by Crippen LogP contribution is -2.22. The minimum Gasteiger partial charge on any atom is -0.398 e. The maximum Gasteiger partial charge on any atom is 0.150 e. The molecule has 1 heterocycles. The first kappa shape index (κ1) is 11.7. The molecule has 1 aliphatic rings. The largest absolute Gasteiger partial charge is 0.398 e. The highest BCUT2D eigenvalue weighted by molar-refractivity contribution is 7.91. The van der Waals surface area contributed by atoms with Gasteiger partial charge in [-0.3, -0.25) is 0 Å². The summed E-state index contributed by atoms with van der Waals surface area (Å²) in [6, 6.07) is 5.56. The van der Waals surface area contributed by atoms with Crippen LogP contribution in [0.25, 0.3) is 0 Å². The van der Waals surface area contributed by atoms with Crippen molar-refractivity contribution in [3.05, 3.63) is 28.8 Å². The molecule has 1 aromatic carbocycles. The van der Waals surface area contributed by atoms with Gasteiger partial charge in [-0.1, -0.05) is 17.7 Å². The zero-order valence-corrected chi connectivity index (χ0v) is 10.4. The number of benzene rings is 1. The van der Waals surface area contributed by atoms with Crippen molar-refractivity contribution in [3.8, 4) is 0 Å². The van der Waals surface area contributed by atoms with Crippen LogP contribution < -0.4 is 5.73 Å². The summed E-state index contributed by atoms with van der Waals surface area (Å²) in [7, 11) is -2.80. The molecule has 2 N–H and O–H groups in total. The average Bonchev–Trinajstić information content (AvgIpc) is 2.22. The van der Waals surface area contributed by atoms with Gasteiger partial charge in [0.15, 0.2) is 0 Å². The van der Waals surface area contributed by atoms with E-state index in [-0.39, 0.29) is 11.5 Å². The van der Waals surface area contributed by atoms with Gasteiger partial charge in [-0.25, -0.2) is 8.42 Å². The minimum atomic E-state index is -2.80. The fourth-order valence-electron chi connectivity index (χ4n) is 2.04. The predicted molar refractivity (Wildman–Crippen MR) is 66.5 cm³/mol. The molecular formula is C11H14ClNO2S. The van der Waals surface area contributed by atoms with Crippen LogP contribution >= 0.6 is 11.6 Å². The van der Waals surface area contributed by atoms with Crippen molar-refractivity contribution < 1.29 is 8.42 Å². The smallest absolute Gasteiger partial charge is 0.150 e. The number of hydrogen-bond donors (Lipinski definition) is 1. The standard InChI is InChI=1S/C11H14ClNO2S/c12-10-2-1-9(7-11(10)13)8-3-5-16(14,15)6-4-8/h1-2,7-8H,3-6,13H2. The molecule has 88 valence electrons. The van der Waals surface area contributed by atoms with Crippen molar-refractivity contribution in [1.82, 2.24) is 0 Å². The van der Waals surface area contributed by atoms with Crippen LogP contribution in [0.1, 0.15) is 24.3 Å². The Morgan fingerprint density at radius 2 is 1.88 bits per heavy atom. The van der Waals surface area contributed by atoms with Gasteiger partial charge in [-0.2, -0.15) is 0 Å². The minimum absolute atomic E-state index is 0.278. The highest BCUT2D eigenvalue weighted by Crippen LogP contribution is 2.31. The number of halogens is 1. The normalized spacial score (nSPS) is 20.8. The highest BCUT2D eigenvalue weighted by atomic mass is 35.5. The summed E-state index contributed by atoms with van der Waals surface area (Å²) in [6.07, 6.45) is 1.37. The summed E-state index contributed by atoms with van der Waals surface area (Å²) in [6.45, 7) is 0. The summed E-state index contributed by atoms with van der Waals surface area (Å²) in [5, 5.41) is 0.548. The Morgan fingerprint density at radius 3 is 2.44 bits per heavy atom. The van der Waals surface area contributed by atoms with Crippen molar-refractivity contribution in [2.75, 3.05) is 17.2 Å². The van der Waals surface area contributed by atoms with Crippen molar-refractivity contribution in [2.45, 2.75) is 18.8 Å². The van der Waals surface area contributed by atoms with Gasteiger partial charge in [-0.05, 0) is 36.5 Å². The molecule has 1 fully saturated rings. The van der Waals surface area contributed by atoms with Crippen LogP contribution in [0.4, 0.5) is 5.69 Å². The first-order chi connectivity index (χ1) is 7.48. The van der Waals surface area contributed by atoms with Crippen LogP contribution in [-0.2, 0) is 9.84 Å². The molecule has 1 saturated heterocycles. The average molecular weight is 260 g/mol.